The molecule has 0 heterocycles. The highest BCUT2D eigenvalue weighted by Gasteiger charge is 2.20. The minimum absolute atomic E-state index is 0.0919. The van der Waals surface area contributed by atoms with Crippen molar-refractivity contribution in [1.82, 2.24) is 0 Å². The topological polar surface area (TPSA) is 64.4 Å². The molecule has 0 saturated carbocycles. The van der Waals surface area contributed by atoms with Gasteiger partial charge in [-0.3, -0.25) is 9.59 Å². The number of hydrogen-bond donors (Lipinski definition) is 0. The van der Waals surface area contributed by atoms with E-state index in [0.717, 1.165) is 11.3 Å². The van der Waals surface area contributed by atoms with Gasteiger partial charge >= 0.3 is 0 Å². The number of anilines is 2. The molecule has 0 atom stereocenters. The van der Waals surface area contributed by atoms with Crippen LogP contribution in [0.25, 0.3) is 0 Å². The maximum Gasteiger partial charge on any atom is 0.229 e. The SMILES string of the molecule is CC(=O)N(CCC(=O)N(Cc1ccccc1)c1ccccc1)c1ccccc1C#N. The molecule has 0 N–H and O–H groups in total. The quantitative estimate of drug-likeness (QED) is 0.588. The molecule has 0 aliphatic heterocycles. The molecule has 0 fully saturated rings. The first-order chi connectivity index (χ1) is 14.6. The van der Waals surface area contributed by atoms with Crippen molar-refractivity contribution in [2.75, 3.05) is 16.3 Å². The minimum Gasteiger partial charge on any atom is -0.311 e. The highest BCUT2D eigenvalue weighted by molar-refractivity contribution is 5.96. The van der Waals surface area contributed by atoms with Gasteiger partial charge < -0.3 is 9.80 Å². The lowest BCUT2D eigenvalue weighted by molar-refractivity contribution is -0.118. The molecule has 5 heteroatoms. The zero-order valence-corrected chi connectivity index (χ0v) is 16.9. The molecule has 3 aromatic carbocycles. The van der Waals surface area contributed by atoms with Gasteiger partial charge in [-0.2, -0.15) is 5.26 Å². The molecule has 5 nitrogen and oxygen atoms in total. The van der Waals surface area contributed by atoms with E-state index in [0.29, 0.717) is 17.8 Å². The standard InChI is InChI=1S/C25H23N3O2/c1-20(29)27(24-15-9-8-12-22(24)18-26)17-16-25(30)28(23-13-6-3-7-14-23)19-21-10-4-2-5-11-21/h2-15H,16-17,19H2,1H3. The Balaban J connectivity index is 1.81. The summed E-state index contributed by atoms with van der Waals surface area (Å²) in [5.41, 5.74) is 2.75. The fourth-order valence-corrected chi connectivity index (χ4v) is 3.29. The van der Waals surface area contributed by atoms with Crippen LogP contribution >= 0.6 is 0 Å². The molecular formula is C25H23N3O2. The van der Waals surface area contributed by atoms with Gasteiger partial charge in [0.25, 0.3) is 0 Å². The normalized spacial score (nSPS) is 10.1. The Hall–Kier alpha value is -3.91. The Morgan fingerprint density at radius 1 is 0.833 bits per heavy atom. The van der Waals surface area contributed by atoms with Gasteiger partial charge in [0.2, 0.25) is 11.8 Å². The van der Waals surface area contributed by atoms with Gasteiger partial charge in [0.1, 0.15) is 6.07 Å². The lowest BCUT2D eigenvalue weighted by atomic mass is 10.1. The Morgan fingerprint density at radius 3 is 2.07 bits per heavy atom. The Morgan fingerprint density at radius 2 is 1.43 bits per heavy atom. The summed E-state index contributed by atoms with van der Waals surface area (Å²) in [4.78, 5) is 28.6. The summed E-state index contributed by atoms with van der Waals surface area (Å²) >= 11 is 0. The molecule has 0 saturated heterocycles. The van der Waals surface area contributed by atoms with E-state index >= 15 is 0 Å². The lowest BCUT2D eigenvalue weighted by Crippen LogP contribution is -2.36. The molecule has 150 valence electrons. The smallest absolute Gasteiger partial charge is 0.229 e. The molecular weight excluding hydrogens is 374 g/mol. The van der Waals surface area contributed by atoms with Crippen LogP contribution in [0.2, 0.25) is 0 Å². The van der Waals surface area contributed by atoms with E-state index in [1.165, 1.54) is 11.8 Å². The largest absolute Gasteiger partial charge is 0.311 e. The van der Waals surface area contributed by atoms with E-state index in [1.807, 2.05) is 60.7 Å². The number of carbonyl (C=O) groups is 2. The van der Waals surface area contributed by atoms with E-state index in [-0.39, 0.29) is 24.8 Å². The number of para-hydroxylation sites is 2. The van der Waals surface area contributed by atoms with Crippen LogP contribution in [-0.2, 0) is 16.1 Å². The van der Waals surface area contributed by atoms with E-state index in [2.05, 4.69) is 6.07 Å². The number of benzene rings is 3. The van der Waals surface area contributed by atoms with Crippen molar-refractivity contribution in [1.29, 1.82) is 5.26 Å². The summed E-state index contributed by atoms with van der Waals surface area (Å²) in [6, 6.07) is 28.3. The molecule has 3 rings (SSSR count). The maximum atomic E-state index is 13.2. The summed E-state index contributed by atoms with van der Waals surface area (Å²) in [5, 5.41) is 9.36. The first kappa shape index (κ1) is 20.8. The van der Waals surface area contributed by atoms with Gasteiger partial charge in [-0.25, -0.2) is 0 Å². The van der Waals surface area contributed by atoms with Crippen LogP contribution in [0, 0.1) is 11.3 Å². The van der Waals surface area contributed by atoms with Gasteiger partial charge in [-0.05, 0) is 29.8 Å². The third kappa shape index (κ3) is 5.12. The van der Waals surface area contributed by atoms with Crippen molar-refractivity contribution in [3.8, 4) is 6.07 Å². The Kier molecular flexibility index (Phi) is 6.96. The molecule has 0 unspecified atom stereocenters. The second-order valence-electron chi connectivity index (χ2n) is 6.85. The van der Waals surface area contributed by atoms with Crippen LogP contribution in [0.1, 0.15) is 24.5 Å². The minimum atomic E-state index is -0.208. The summed E-state index contributed by atoms with van der Waals surface area (Å²) < 4.78 is 0. The van der Waals surface area contributed by atoms with Crippen molar-refractivity contribution >= 4 is 23.2 Å². The Labute approximate surface area is 176 Å². The second-order valence-corrected chi connectivity index (χ2v) is 6.85. The molecule has 0 aliphatic rings. The number of nitrogens with zero attached hydrogens (tertiary/aromatic N) is 3. The van der Waals surface area contributed by atoms with Crippen molar-refractivity contribution in [2.24, 2.45) is 0 Å². The molecule has 0 aliphatic carbocycles. The number of rotatable bonds is 7. The first-order valence-corrected chi connectivity index (χ1v) is 9.76. The van der Waals surface area contributed by atoms with Crippen LogP contribution in [0.4, 0.5) is 11.4 Å². The zero-order valence-electron chi connectivity index (χ0n) is 16.9. The first-order valence-electron chi connectivity index (χ1n) is 9.76. The number of carbonyl (C=O) groups excluding carboxylic acids is 2. The number of amides is 2. The zero-order chi connectivity index (χ0) is 21.3. The van der Waals surface area contributed by atoms with E-state index in [1.54, 1.807) is 29.2 Å². The summed E-state index contributed by atoms with van der Waals surface area (Å²) in [6.45, 7) is 2.08. The van der Waals surface area contributed by atoms with Crippen LogP contribution in [0.15, 0.2) is 84.9 Å². The monoisotopic (exact) mass is 397 g/mol. The van der Waals surface area contributed by atoms with Gasteiger partial charge in [-0.15, -0.1) is 0 Å². The van der Waals surface area contributed by atoms with Crippen LogP contribution in [-0.4, -0.2) is 18.4 Å². The van der Waals surface area contributed by atoms with Gasteiger partial charge in [0.05, 0.1) is 17.8 Å². The highest BCUT2D eigenvalue weighted by atomic mass is 16.2. The third-order valence-corrected chi connectivity index (χ3v) is 4.80. The Bertz CT molecular complexity index is 1040. The van der Waals surface area contributed by atoms with Crippen LogP contribution in [0.3, 0.4) is 0 Å². The summed E-state index contributed by atoms with van der Waals surface area (Å²) in [7, 11) is 0. The molecule has 0 aromatic heterocycles. The van der Waals surface area contributed by atoms with Crippen molar-refractivity contribution in [2.45, 2.75) is 19.9 Å². The van der Waals surface area contributed by atoms with Crippen molar-refractivity contribution in [3.63, 3.8) is 0 Å². The summed E-state index contributed by atoms with van der Waals surface area (Å²) in [6.07, 6.45) is 0.140. The second kappa shape index (κ2) is 10.0. The average Bonchev–Trinajstić information content (AvgIpc) is 2.79. The van der Waals surface area contributed by atoms with Gasteiger partial charge in [0, 0.05) is 25.6 Å². The fraction of sp³-hybridized carbons (Fsp3) is 0.160. The predicted octanol–water partition coefficient (Wildman–Crippen LogP) is 4.53. The number of nitriles is 1. The molecule has 0 radical (unpaired) electrons. The maximum absolute atomic E-state index is 13.2. The van der Waals surface area contributed by atoms with E-state index in [4.69, 9.17) is 0 Å². The van der Waals surface area contributed by atoms with Gasteiger partial charge in [0.15, 0.2) is 0 Å². The third-order valence-electron chi connectivity index (χ3n) is 4.80. The van der Waals surface area contributed by atoms with Crippen molar-refractivity contribution in [3.05, 3.63) is 96.1 Å². The van der Waals surface area contributed by atoms with Crippen LogP contribution in [0.5, 0.6) is 0 Å². The van der Waals surface area contributed by atoms with Crippen LogP contribution < -0.4 is 9.80 Å². The van der Waals surface area contributed by atoms with E-state index < -0.39 is 0 Å². The van der Waals surface area contributed by atoms with Gasteiger partial charge in [-0.1, -0.05) is 60.7 Å². The van der Waals surface area contributed by atoms with E-state index in [9.17, 15) is 14.9 Å². The average molecular weight is 397 g/mol. The fourth-order valence-electron chi connectivity index (χ4n) is 3.29. The lowest BCUT2D eigenvalue weighted by Gasteiger charge is -2.26. The molecule has 0 spiro atoms. The molecule has 0 bridgehead atoms. The summed E-state index contributed by atoms with van der Waals surface area (Å²) in [5.74, 6) is -0.300. The molecule has 30 heavy (non-hydrogen) atoms. The molecule has 2 amide bonds. The molecule has 3 aromatic rings. The predicted molar refractivity (Wildman–Crippen MR) is 118 cm³/mol. The highest BCUT2D eigenvalue weighted by Crippen LogP contribution is 2.22. The number of hydrogen-bond acceptors (Lipinski definition) is 3. The van der Waals surface area contributed by atoms with Crippen molar-refractivity contribution < 1.29 is 9.59 Å².